The van der Waals surface area contributed by atoms with Gasteiger partial charge in [0.15, 0.2) is 0 Å². The minimum Gasteiger partial charge on any atom is -0.466 e. The zero-order valence-corrected chi connectivity index (χ0v) is 18.3. The average Bonchev–Trinajstić information content (AvgIpc) is 3.53. The van der Waals surface area contributed by atoms with Crippen molar-refractivity contribution in [3.8, 4) is 5.69 Å². The summed E-state index contributed by atoms with van der Waals surface area (Å²) in [5.74, 6) is -0.140. The van der Waals surface area contributed by atoms with Gasteiger partial charge in [0.25, 0.3) is 5.91 Å². The number of esters is 1. The number of ether oxygens (including phenoxy) is 1. The lowest BCUT2D eigenvalue weighted by molar-refractivity contribution is -0.149. The maximum absolute atomic E-state index is 13.7. The van der Waals surface area contributed by atoms with Crippen molar-refractivity contribution in [1.82, 2.24) is 14.7 Å². The number of likely N-dealkylation sites (tertiary alicyclic amines) is 1. The molecule has 1 atom stereocenters. The number of rotatable bonds is 6. The lowest BCUT2D eigenvalue weighted by Gasteiger charge is -2.31. The smallest absolute Gasteiger partial charge is 0.310 e. The van der Waals surface area contributed by atoms with E-state index in [0.717, 1.165) is 42.8 Å². The zero-order chi connectivity index (χ0) is 21.3. The van der Waals surface area contributed by atoms with Crippen LogP contribution in [0.1, 0.15) is 67.2 Å². The van der Waals surface area contributed by atoms with Gasteiger partial charge in [-0.2, -0.15) is 5.10 Å². The monoisotopic (exact) mass is 429 g/mol. The zero-order valence-electron chi connectivity index (χ0n) is 17.6. The molecular weight excluding hydrogens is 402 g/mol. The van der Waals surface area contributed by atoms with Crippen molar-refractivity contribution < 1.29 is 14.3 Å². The molecule has 1 unspecified atom stereocenters. The Balaban J connectivity index is 1.69. The molecule has 2 aromatic rings. The number of halogens is 1. The molecule has 30 heavy (non-hydrogen) atoms. The second-order valence-electron chi connectivity index (χ2n) is 8.07. The first-order valence-corrected chi connectivity index (χ1v) is 11.2. The first-order chi connectivity index (χ1) is 14.5. The molecule has 1 saturated carbocycles. The van der Waals surface area contributed by atoms with E-state index in [1.165, 1.54) is 0 Å². The molecule has 1 aliphatic heterocycles. The molecule has 7 heteroatoms. The fourth-order valence-corrected chi connectivity index (χ4v) is 4.45. The standard InChI is InChI=1S/C23H28ClN3O3/c1-3-19-20(22(28)26-12-6-7-16(14-26)23(29)30-4-2)21(15-10-11-15)25-27(19)18-9-5-8-17(24)13-18/h5,8-9,13,15-16H,3-4,6-7,10-12,14H2,1-2H3. The predicted octanol–water partition coefficient (Wildman–Crippen LogP) is 4.38. The predicted molar refractivity (Wildman–Crippen MR) is 115 cm³/mol. The van der Waals surface area contributed by atoms with E-state index in [9.17, 15) is 9.59 Å². The van der Waals surface area contributed by atoms with Gasteiger partial charge >= 0.3 is 5.97 Å². The first kappa shape index (κ1) is 20.9. The Hall–Kier alpha value is -2.34. The maximum Gasteiger partial charge on any atom is 0.310 e. The van der Waals surface area contributed by atoms with Crippen molar-refractivity contribution in [2.24, 2.45) is 5.92 Å². The molecule has 0 bridgehead atoms. The summed E-state index contributed by atoms with van der Waals surface area (Å²) in [6.07, 6.45) is 4.36. The Morgan fingerprint density at radius 3 is 2.70 bits per heavy atom. The molecule has 1 aliphatic carbocycles. The summed E-state index contributed by atoms with van der Waals surface area (Å²) in [6, 6.07) is 7.56. The van der Waals surface area contributed by atoms with Crippen LogP contribution in [0, 0.1) is 5.92 Å². The number of aromatic nitrogens is 2. The van der Waals surface area contributed by atoms with Crippen molar-refractivity contribution in [3.63, 3.8) is 0 Å². The van der Waals surface area contributed by atoms with Crippen molar-refractivity contribution in [2.45, 2.75) is 51.9 Å². The number of carbonyl (C=O) groups is 2. The number of amides is 1. The van der Waals surface area contributed by atoms with E-state index in [-0.39, 0.29) is 17.8 Å². The van der Waals surface area contributed by atoms with Gasteiger partial charge in [0.1, 0.15) is 0 Å². The number of hydrogen-bond donors (Lipinski definition) is 0. The molecule has 0 spiro atoms. The highest BCUT2D eigenvalue weighted by Crippen LogP contribution is 2.43. The summed E-state index contributed by atoms with van der Waals surface area (Å²) in [6.45, 7) is 5.28. The fraction of sp³-hybridized carbons (Fsp3) is 0.522. The van der Waals surface area contributed by atoms with Crippen LogP contribution in [0.5, 0.6) is 0 Å². The molecule has 1 aromatic carbocycles. The summed E-state index contributed by atoms with van der Waals surface area (Å²) in [5, 5.41) is 5.51. The van der Waals surface area contributed by atoms with Crippen LogP contribution in [0.2, 0.25) is 5.02 Å². The minimum absolute atomic E-state index is 0.0176. The Kier molecular flexibility index (Phi) is 6.14. The normalized spacial score (nSPS) is 19.0. The summed E-state index contributed by atoms with van der Waals surface area (Å²) >= 11 is 6.21. The van der Waals surface area contributed by atoms with Gasteiger partial charge in [-0.05, 0) is 57.2 Å². The summed E-state index contributed by atoms with van der Waals surface area (Å²) < 4.78 is 7.07. The van der Waals surface area contributed by atoms with Gasteiger partial charge in [0, 0.05) is 24.0 Å². The molecule has 1 aromatic heterocycles. The second-order valence-corrected chi connectivity index (χ2v) is 8.51. The largest absolute Gasteiger partial charge is 0.466 e. The molecule has 2 fully saturated rings. The van der Waals surface area contributed by atoms with Gasteiger partial charge in [0.2, 0.25) is 0 Å². The molecule has 2 heterocycles. The Morgan fingerprint density at radius 2 is 2.03 bits per heavy atom. The number of nitrogens with zero attached hydrogens (tertiary/aromatic N) is 3. The van der Waals surface area contributed by atoms with Gasteiger partial charge in [-0.3, -0.25) is 9.59 Å². The lowest BCUT2D eigenvalue weighted by atomic mass is 9.96. The Bertz CT molecular complexity index is 951. The molecule has 2 aliphatic rings. The molecule has 1 amide bonds. The quantitative estimate of drug-likeness (QED) is 0.639. The van der Waals surface area contributed by atoms with E-state index in [1.54, 1.807) is 0 Å². The molecule has 1 saturated heterocycles. The van der Waals surface area contributed by atoms with Crippen LogP contribution in [0.4, 0.5) is 0 Å². The molecule has 0 radical (unpaired) electrons. The van der Waals surface area contributed by atoms with Crippen molar-refractivity contribution in [1.29, 1.82) is 0 Å². The van der Waals surface area contributed by atoms with Crippen LogP contribution in [0.15, 0.2) is 24.3 Å². The third-order valence-electron chi connectivity index (χ3n) is 5.90. The Labute approximate surface area is 182 Å². The third-order valence-corrected chi connectivity index (χ3v) is 6.14. The number of piperidine rings is 1. The minimum atomic E-state index is -0.250. The highest BCUT2D eigenvalue weighted by molar-refractivity contribution is 6.30. The van der Waals surface area contributed by atoms with Crippen LogP contribution in [0.25, 0.3) is 5.69 Å². The van der Waals surface area contributed by atoms with Crippen LogP contribution in [-0.2, 0) is 16.0 Å². The van der Waals surface area contributed by atoms with E-state index < -0.39 is 0 Å². The van der Waals surface area contributed by atoms with E-state index in [1.807, 2.05) is 47.7 Å². The molecule has 6 nitrogen and oxygen atoms in total. The highest BCUT2D eigenvalue weighted by atomic mass is 35.5. The third kappa shape index (κ3) is 4.10. The average molecular weight is 430 g/mol. The number of hydrogen-bond acceptors (Lipinski definition) is 4. The van der Waals surface area contributed by atoms with E-state index in [0.29, 0.717) is 42.6 Å². The topological polar surface area (TPSA) is 64.4 Å². The van der Waals surface area contributed by atoms with Gasteiger partial charge in [-0.15, -0.1) is 0 Å². The van der Waals surface area contributed by atoms with Crippen molar-refractivity contribution in [3.05, 3.63) is 46.2 Å². The SMILES string of the molecule is CCOC(=O)C1CCCN(C(=O)c2c(C3CC3)nn(-c3cccc(Cl)c3)c2CC)C1. The maximum atomic E-state index is 13.7. The highest BCUT2D eigenvalue weighted by Gasteiger charge is 2.37. The van der Waals surface area contributed by atoms with Crippen LogP contribution >= 0.6 is 11.6 Å². The van der Waals surface area contributed by atoms with E-state index >= 15 is 0 Å². The summed E-state index contributed by atoms with van der Waals surface area (Å²) in [4.78, 5) is 27.7. The second kappa shape index (κ2) is 8.80. The lowest BCUT2D eigenvalue weighted by Crippen LogP contribution is -2.43. The Morgan fingerprint density at radius 1 is 1.23 bits per heavy atom. The molecule has 4 rings (SSSR count). The van der Waals surface area contributed by atoms with Gasteiger partial charge in [0.05, 0.1) is 35.2 Å². The molecule has 0 N–H and O–H groups in total. The van der Waals surface area contributed by atoms with Crippen molar-refractivity contribution >= 4 is 23.5 Å². The fourth-order valence-electron chi connectivity index (χ4n) is 4.27. The summed E-state index contributed by atoms with van der Waals surface area (Å²) in [7, 11) is 0. The van der Waals surface area contributed by atoms with Gasteiger partial charge in [-0.1, -0.05) is 24.6 Å². The van der Waals surface area contributed by atoms with Crippen LogP contribution in [0.3, 0.4) is 0 Å². The summed E-state index contributed by atoms with van der Waals surface area (Å²) in [5.41, 5.74) is 3.37. The molecule has 160 valence electrons. The van der Waals surface area contributed by atoms with Gasteiger partial charge in [-0.25, -0.2) is 4.68 Å². The first-order valence-electron chi connectivity index (χ1n) is 10.9. The van der Waals surface area contributed by atoms with Gasteiger partial charge < -0.3 is 9.64 Å². The number of carbonyl (C=O) groups excluding carboxylic acids is 2. The van der Waals surface area contributed by atoms with Crippen LogP contribution in [-0.4, -0.2) is 46.3 Å². The number of benzene rings is 1. The molecular formula is C23H28ClN3O3. The van der Waals surface area contributed by atoms with Crippen molar-refractivity contribution in [2.75, 3.05) is 19.7 Å². The van der Waals surface area contributed by atoms with E-state index in [2.05, 4.69) is 0 Å². The van der Waals surface area contributed by atoms with E-state index in [4.69, 9.17) is 21.4 Å². The van der Waals surface area contributed by atoms with Crippen LogP contribution < -0.4 is 0 Å².